The molecule has 3 N–H and O–H groups in total. The fraction of sp³-hybridized carbons (Fsp3) is 0.150. The number of hydrogen-bond acceptors (Lipinski definition) is 6. The van der Waals surface area contributed by atoms with Gasteiger partial charge in [0.2, 0.25) is 5.03 Å². The van der Waals surface area contributed by atoms with Gasteiger partial charge in [0, 0.05) is 22.1 Å². The molecule has 1 heterocycles. The van der Waals surface area contributed by atoms with Crippen LogP contribution in [0.1, 0.15) is 33.3 Å². The lowest BCUT2D eigenvalue weighted by Gasteiger charge is -2.09. The number of halogens is 1. The third-order valence-electron chi connectivity index (χ3n) is 4.15. The lowest BCUT2D eigenvalue weighted by atomic mass is 10.2. The zero-order valence-corrected chi connectivity index (χ0v) is 18.2. The van der Waals surface area contributed by atoms with E-state index in [0.717, 1.165) is 0 Å². The van der Waals surface area contributed by atoms with Crippen molar-refractivity contribution < 1.29 is 22.7 Å². The van der Waals surface area contributed by atoms with Gasteiger partial charge < -0.3 is 10.1 Å². The summed E-state index contributed by atoms with van der Waals surface area (Å²) in [7, 11) is -4.16. The third-order valence-corrected chi connectivity index (χ3v) is 5.71. The fourth-order valence-corrected chi connectivity index (χ4v) is 4.04. The molecule has 0 aliphatic rings. The van der Waals surface area contributed by atoms with Gasteiger partial charge in [-0.2, -0.15) is 13.5 Å². The summed E-state index contributed by atoms with van der Waals surface area (Å²) in [6, 6.07) is 12.1. The average Bonchev–Trinajstić information content (AvgIpc) is 3.13. The molecule has 0 fully saturated rings. The Kier molecular flexibility index (Phi) is 6.62. The van der Waals surface area contributed by atoms with Gasteiger partial charge in [-0.25, -0.2) is 4.79 Å². The van der Waals surface area contributed by atoms with E-state index in [-0.39, 0.29) is 23.6 Å². The molecule has 0 saturated heterocycles. The van der Waals surface area contributed by atoms with Crippen molar-refractivity contribution in [3.05, 3.63) is 70.4 Å². The number of aryl methyl sites for hydroxylation is 1. The summed E-state index contributed by atoms with van der Waals surface area (Å²) >= 11 is 5.82. The van der Waals surface area contributed by atoms with Gasteiger partial charge in [-0.3, -0.25) is 14.6 Å². The van der Waals surface area contributed by atoms with Gasteiger partial charge in [0.1, 0.15) is 5.56 Å². The van der Waals surface area contributed by atoms with Crippen molar-refractivity contribution in [2.75, 3.05) is 16.6 Å². The molecule has 0 radical (unpaired) electrons. The first kappa shape index (κ1) is 22.3. The summed E-state index contributed by atoms with van der Waals surface area (Å²) in [6.07, 6.45) is 0. The van der Waals surface area contributed by atoms with E-state index in [1.165, 1.54) is 55.5 Å². The molecule has 9 nitrogen and oxygen atoms in total. The second-order valence-electron chi connectivity index (χ2n) is 6.39. The van der Waals surface area contributed by atoms with E-state index in [1.54, 1.807) is 6.92 Å². The number of anilines is 2. The smallest absolute Gasteiger partial charge is 0.338 e. The van der Waals surface area contributed by atoms with E-state index >= 15 is 0 Å². The number of benzene rings is 2. The van der Waals surface area contributed by atoms with Gasteiger partial charge >= 0.3 is 5.97 Å². The monoisotopic (exact) mass is 462 g/mol. The summed E-state index contributed by atoms with van der Waals surface area (Å²) in [6.45, 7) is 3.48. The number of carbonyl (C=O) groups is 2. The molecule has 2 aromatic carbocycles. The molecule has 0 spiro atoms. The van der Waals surface area contributed by atoms with E-state index in [1.807, 2.05) is 0 Å². The van der Waals surface area contributed by atoms with Crippen molar-refractivity contribution in [1.29, 1.82) is 0 Å². The molecule has 31 heavy (non-hydrogen) atoms. The Labute approximate surface area is 183 Å². The Bertz CT molecular complexity index is 1210. The summed E-state index contributed by atoms with van der Waals surface area (Å²) in [5.41, 5.74) is 1.11. The highest BCUT2D eigenvalue weighted by Gasteiger charge is 2.28. The lowest BCUT2D eigenvalue weighted by Crippen LogP contribution is -2.20. The molecule has 0 saturated carbocycles. The van der Waals surface area contributed by atoms with E-state index in [0.29, 0.717) is 16.3 Å². The first-order chi connectivity index (χ1) is 14.7. The van der Waals surface area contributed by atoms with Crippen molar-refractivity contribution in [2.45, 2.75) is 18.9 Å². The van der Waals surface area contributed by atoms with Crippen LogP contribution in [0.4, 0.5) is 11.4 Å². The number of nitrogens with one attached hydrogen (secondary N) is 3. The van der Waals surface area contributed by atoms with Crippen molar-refractivity contribution in [3.8, 4) is 0 Å². The number of amides is 1. The zero-order chi connectivity index (χ0) is 22.6. The highest BCUT2D eigenvalue weighted by Crippen LogP contribution is 2.22. The second-order valence-corrected chi connectivity index (χ2v) is 8.43. The van der Waals surface area contributed by atoms with Crippen LogP contribution in [0, 0.1) is 6.92 Å². The first-order valence-corrected chi connectivity index (χ1v) is 11.0. The van der Waals surface area contributed by atoms with Gasteiger partial charge in [0.15, 0.2) is 0 Å². The maximum Gasteiger partial charge on any atom is 0.338 e. The van der Waals surface area contributed by atoms with Crippen LogP contribution in [0.5, 0.6) is 0 Å². The number of hydrogen-bond donors (Lipinski definition) is 3. The second kappa shape index (κ2) is 9.19. The zero-order valence-electron chi connectivity index (χ0n) is 16.6. The Morgan fingerprint density at radius 2 is 1.68 bits per heavy atom. The van der Waals surface area contributed by atoms with E-state index in [9.17, 15) is 18.0 Å². The van der Waals surface area contributed by atoms with Gasteiger partial charge in [0.25, 0.3) is 15.9 Å². The molecule has 1 aromatic heterocycles. The molecule has 0 aliphatic carbocycles. The number of aromatic amines is 1. The number of carbonyl (C=O) groups excluding carboxylic acids is 2. The molecule has 0 unspecified atom stereocenters. The Morgan fingerprint density at radius 3 is 2.29 bits per heavy atom. The Balaban J connectivity index is 1.82. The third kappa shape index (κ3) is 5.22. The number of esters is 1. The van der Waals surface area contributed by atoms with Crippen LogP contribution in [-0.2, 0) is 14.8 Å². The number of aromatic nitrogens is 2. The van der Waals surface area contributed by atoms with Crippen molar-refractivity contribution >= 4 is 44.9 Å². The standard InChI is InChI=1S/C20H19ClN4O5S/c1-3-30-20(27)13-4-8-15(9-5-13)22-18(26)17-12(2)23-24-19(17)31(28,29)25-16-10-6-14(21)7-11-16/h4-11,25H,3H2,1-2H3,(H,22,26)(H,23,24). The molecular formula is C20H19ClN4O5S. The normalized spacial score (nSPS) is 11.1. The summed E-state index contributed by atoms with van der Waals surface area (Å²) in [5, 5.41) is 8.94. The minimum absolute atomic E-state index is 0.129. The number of sulfonamides is 1. The number of nitrogens with zero attached hydrogens (tertiary/aromatic N) is 1. The topological polar surface area (TPSA) is 130 Å². The first-order valence-electron chi connectivity index (χ1n) is 9.13. The highest BCUT2D eigenvalue weighted by molar-refractivity contribution is 7.92. The molecule has 3 rings (SSSR count). The van der Waals surface area contributed by atoms with Gasteiger partial charge in [-0.15, -0.1) is 0 Å². The average molecular weight is 463 g/mol. The maximum absolute atomic E-state index is 12.8. The predicted molar refractivity (Wildman–Crippen MR) is 116 cm³/mol. The van der Waals surface area contributed by atoms with E-state index in [2.05, 4.69) is 20.2 Å². The molecule has 0 aliphatic heterocycles. The van der Waals surface area contributed by atoms with Crippen LogP contribution >= 0.6 is 11.6 Å². The number of ether oxygens (including phenoxy) is 1. The number of rotatable bonds is 7. The molecular weight excluding hydrogens is 444 g/mol. The quantitative estimate of drug-likeness (QED) is 0.460. The SMILES string of the molecule is CCOC(=O)c1ccc(NC(=O)c2c(S(=O)(=O)Nc3ccc(Cl)cc3)n[nH]c2C)cc1. The fourth-order valence-electron chi connectivity index (χ4n) is 2.69. The van der Waals surface area contributed by atoms with Crippen molar-refractivity contribution in [3.63, 3.8) is 0 Å². The molecule has 0 bridgehead atoms. The van der Waals surface area contributed by atoms with Gasteiger partial charge in [-0.05, 0) is 62.4 Å². The largest absolute Gasteiger partial charge is 0.462 e. The Hall–Kier alpha value is -3.37. The highest BCUT2D eigenvalue weighted by atomic mass is 35.5. The van der Waals surface area contributed by atoms with E-state index < -0.39 is 26.9 Å². The maximum atomic E-state index is 12.8. The predicted octanol–water partition coefficient (Wildman–Crippen LogP) is 3.60. The van der Waals surface area contributed by atoms with Crippen LogP contribution in [-0.4, -0.2) is 37.1 Å². The van der Waals surface area contributed by atoms with Crippen LogP contribution in [0.15, 0.2) is 53.6 Å². The van der Waals surface area contributed by atoms with Crippen LogP contribution < -0.4 is 10.0 Å². The summed E-state index contributed by atoms with van der Waals surface area (Å²) in [4.78, 5) is 24.5. The summed E-state index contributed by atoms with van der Waals surface area (Å²) < 4.78 is 32.9. The molecule has 3 aromatic rings. The molecule has 162 valence electrons. The van der Waals surface area contributed by atoms with Crippen molar-refractivity contribution in [1.82, 2.24) is 10.2 Å². The summed E-state index contributed by atoms with van der Waals surface area (Å²) in [5.74, 6) is -1.15. The van der Waals surface area contributed by atoms with Gasteiger partial charge in [0.05, 0.1) is 12.2 Å². The molecule has 11 heteroatoms. The molecule has 1 amide bonds. The van der Waals surface area contributed by atoms with Crippen LogP contribution in [0.2, 0.25) is 5.02 Å². The minimum Gasteiger partial charge on any atom is -0.462 e. The van der Waals surface area contributed by atoms with E-state index in [4.69, 9.17) is 16.3 Å². The van der Waals surface area contributed by atoms with Gasteiger partial charge in [-0.1, -0.05) is 11.6 Å². The van der Waals surface area contributed by atoms with Crippen molar-refractivity contribution in [2.24, 2.45) is 0 Å². The molecule has 0 atom stereocenters. The Morgan fingerprint density at radius 1 is 1.06 bits per heavy atom. The van der Waals surface area contributed by atoms with Crippen LogP contribution in [0.3, 0.4) is 0 Å². The minimum atomic E-state index is -4.16. The number of H-pyrrole nitrogens is 1. The lowest BCUT2D eigenvalue weighted by molar-refractivity contribution is 0.0526. The van der Waals surface area contributed by atoms with Crippen LogP contribution in [0.25, 0.3) is 0 Å².